The molecule has 15 heavy (non-hydrogen) atoms. The van der Waals surface area contributed by atoms with Gasteiger partial charge in [0.25, 0.3) is 0 Å². The Morgan fingerprint density at radius 1 is 1.47 bits per heavy atom. The minimum Gasteiger partial charge on any atom is -0.458 e. The van der Waals surface area contributed by atoms with Gasteiger partial charge in [-0.05, 0) is 49.5 Å². The van der Waals surface area contributed by atoms with Crippen LogP contribution < -0.4 is 0 Å². The summed E-state index contributed by atoms with van der Waals surface area (Å²) in [7, 11) is 0. The van der Waals surface area contributed by atoms with Gasteiger partial charge in [0.1, 0.15) is 6.10 Å². The zero-order valence-electron chi connectivity index (χ0n) is 9.29. The van der Waals surface area contributed by atoms with E-state index in [1.54, 1.807) is 5.57 Å². The molecule has 0 heterocycles. The molecule has 0 aromatic carbocycles. The van der Waals surface area contributed by atoms with Crippen molar-refractivity contribution in [3.8, 4) is 0 Å². The van der Waals surface area contributed by atoms with E-state index < -0.39 is 0 Å². The molecule has 0 amide bonds. The highest BCUT2D eigenvalue weighted by Crippen LogP contribution is 2.55. The summed E-state index contributed by atoms with van der Waals surface area (Å²) in [6.07, 6.45) is 7.01. The predicted octanol–water partition coefficient (Wildman–Crippen LogP) is 2.83. The normalized spacial score (nSPS) is 37.3. The van der Waals surface area contributed by atoms with Gasteiger partial charge in [0.05, 0.1) is 0 Å². The molecule has 3 atom stereocenters. The lowest BCUT2D eigenvalue weighted by atomic mass is 9.87. The number of allylic oxidation sites excluding steroid dienone is 1. The number of carbonyl (C=O) groups excluding carboxylic acids is 1. The van der Waals surface area contributed by atoms with Crippen molar-refractivity contribution in [2.24, 2.45) is 11.8 Å². The Balaban J connectivity index is 1.79. The Hall–Kier alpha value is -0.790. The lowest BCUT2D eigenvalue weighted by molar-refractivity contribution is -0.147. The molecule has 2 fully saturated rings. The second-order valence-electron chi connectivity index (χ2n) is 5.08. The molecule has 0 aromatic rings. The summed E-state index contributed by atoms with van der Waals surface area (Å²) in [5.41, 5.74) is 3.17. The minimum atomic E-state index is -0.0322. The van der Waals surface area contributed by atoms with Crippen molar-refractivity contribution in [3.63, 3.8) is 0 Å². The number of hydrogen-bond acceptors (Lipinski definition) is 2. The Labute approximate surface area is 90.7 Å². The van der Waals surface area contributed by atoms with Gasteiger partial charge in [0, 0.05) is 6.42 Å². The van der Waals surface area contributed by atoms with Gasteiger partial charge in [0.2, 0.25) is 0 Å². The molecule has 3 aliphatic rings. The summed E-state index contributed by atoms with van der Waals surface area (Å²) >= 11 is 0. The Kier molecular flexibility index (Phi) is 2.11. The van der Waals surface area contributed by atoms with Gasteiger partial charge in [0.15, 0.2) is 0 Å². The molecule has 82 valence electrons. The molecular formula is C13H18O2. The van der Waals surface area contributed by atoms with Crippen molar-refractivity contribution in [1.29, 1.82) is 0 Å². The van der Waals surface area contributed by atoms with E-state index in [4.69, 9.17) is 4.74 Å². The molecular weight excluding hydrogens is 188 g/mol. The maximum atomic E-state index is 11.3. The SMILES string of the molecule is CCC(=O)OC1CC2CC1=C1CCCC12. The van der Waals surface area contributed by atoms with Crippen LogP contribution in [0.3, 0.4) is 0 Å². The molecule has 2 nitrogen and oxygen atoms in total. The third-order valence-corrected chi connectivity index (χ3v) is 4.34. The van der Waals surface area contributed by atoms with Gasteiger partial charge in [-0.1, -0.05) is 12.5 Å². The van der Waals surface area contributed by atoms with Crippen LogP contribution in [0.5, 0.6) is 0 Å². The van der Waals surface area contributed by atoms with E-state index in [1.807, 2.05) is 6.92 Å². The number of hydrogen-bond donors (Lipinski definition) is 0. The van der Waals surface area contributed by atoms with Crippen LogP contribution in [0.25, 0.3) is 0 Å². The van der Waals surface area contributed by atoms with Gasteiger partial charge < -0.3 is 4.74 Å². The first kappa shape index (κ1) is 9.44. The molecule has 3 unspecified atom stereocenters. The number of ether oxygens (including phenoxy) is 1. The van der Waals surface area contributed by atoms with E-state index in [1.165, 1.54) is 31.3 Å². The summed E-state index contributed by atoms with van der Waals surface area (Å²) in [5, 5.41) is 0. The molecule has 2 heteroatoms. The van der Waals surface area contributed by atoms with Crippen molar-refractivity contribution in [2.75, 3.05) is 0 Å². The smallest absolute Gasteiger partial charge is 0.306 e. The largest absolute Gasteiger partial charge is 0.458 e. The van der Waals surface area contributed by atoms with Crippen molar-refractivity contribution in [1.82, 2.24) is 0 Å². The molecule has 0 aliphatic heterocycles. The Bertz CT molecular complexity index is 329. The van der Waals surface area contributed by atoms with Crippen molar-refractivity contribution >= 4 is 5.97 Å². The molecule has 0 radical (unpaired) electrons. The van der Waals surface area contributed by atoms with E-state index in [2.05, 4.69) is 0 Å². The lowest BCUT2D eigenvalue weighted by Crippen LogP contribution is -2.22. The van der Waals surface area contributed by atoms with Crippen LogP contribution in [0.15, 0.2) is 11.1 Å². The highest BCUT2D eigenvalue weighted by Gasteiger charge is 2.47. The first-order chi connectivity index (χ1) is 7.29. The third-order valence-electron chi connectivity index (χ3n) is 4.34. The standard InChI is InChI=1S/C13H18O2/c1-2-13(14)15-12-7-8-6-11(12)10-5-3-4-9(8)10/h8-9,12H,2-7H2,1H3. The zero-order valence-corrected chi connectivity index (χ0v) is 9.29. The van der Waals surface area contributed by atoms with Crippen molar-refractivity contribution < 1.29 is 9.53 Å². The lowest BCUT2D eigenvalue weighted by Gasteiger charge is -2.23. The number of rotatable bonds is 2. The van der Waals surface area contributed by atoms with Crippen LogP contribution in [-0.4, -0.2) is 12.1 Å². The zero-order chi connectivity index (χ0) is 10.4. The molecule has 3 aliphatic carbocycles. The molecule has 3 rings (SSSR count). The van der Waals surface area contributed by atoms with Crippen LogP contribution in [-0.2, 0) is 9.53 Å². The van der Waals surface area contributed by atoms with Crippen molar-refractivity contribution in [3.05, 3.63) is 11.1 Å². The second-order valence-corrected chi connectivity index (χ2v) is 5.08. The van der Waals surface area contributed by atoms with Crippen LogP contribution in [0.4, 0.5) is 0 Å². The van der Waals surface area contributed by atoms with Crippen LogP contribution in [0, 0.1) is 11.8 Å². The van der Waals surface area contributed by atoms with Crippen LogP contribution >= 0.6 is 0 Å². The molecule has 0 saturated heterocycles. The summed E-state index contributed by atoms with van der Waals surface area (Å²) in [5.74, 6) is 1.65. The average Bonchev–Trinajstić information content (AvgIpc) is 2.87. The highest BCUT2D eigenvalue weighted by atomic mass is 16.5. The van der Waals surface area contributed by atoms with Crippen LogP contribution in [0.1, 0.15) is 45.4 Å². The van der Waals surface area contributed by atoms with E-state index in [0.29, 0.717) is 6.42 Å². The van der Waals surface area contributed by atoms with E-state index >= 15 is 0 Å². The second kappa shape index (κ2) is 3.36. The van der Waals surface area contributed by atoms with E-state index in [0.717, 1.165) is 18.3 Å². The van der Waals surface area contributed by atoms with Gasteiger partial charge in [-0.25, -0.2) is 0 Å². The topological polar surface area (TPSA) is 26.3 Å². The maximum absolute atomic E-state index is 11.3. The molecule has 2 saturated carbocycles. The quantitative estimate of drug-likeness (QED) is 0.513. The first-order valence-electron chi connectivity index (χ1n) is 6.21. The number of fused-ring (bicyclic) bond motifs is 4. The maximum Gasteiger partial charge on any atom is 0.306 e. The average molecular weight is 206 g/mol. The summed E-state index contributed by atoms with van der Waals surface area (Å²) in [6, 6.07) is 0. The molecule has 0 aromatic heterocycles. The fourth-order valence-electron chi connectivity index (χ4n) is 3.71. The van der Waals surface area contributed by atoms with Gasteiger partial charge in [-0.15, -0.1) is 0 Å². The van der Waals surface area contributed by atoms with Gasteiger partial charge >= 0.3 is 5.97 Å². The summed E-state index contributed by atoms with van der Waals surface area (Å²) < 4.78 is 5.51. The van der Waals surface area contributed by atoms with Crippen LogP contribution in [0.2, 0.25) is 0 Å². The minimum absolute atomic E-state index is 0.0322. The molecule has 2 bridgehead atoms. The Morgan fingerprint density at radius 2 is 2.33 bits per heavy atom. The number of carbonyl (C=O) groups is 1. The van der Waals surface area contributed by atoms with E-state index in [-0.39, 0.29) is 12.1 Å². The van der Waals surface area contributed by atoms with Gasteiger partial charge in [-0.2, -0.15) is 0 Å². The fourth-order valence-corrected chi connectivity index (χ4v) is 3.71. The predicted molar refractivity (Wildman–Crippen MR) is 57.3 cm³/mol. The van der Waals surface area contributed by atoms with Crippen molar-refractivity contribution in [2.45, 2.75) is 51.6 Å². The highest BCUT2D eigenvalue weighted by molar-refractivity contribution is 5.69. The molecule has 0 N–H and O–H groups in total. The first-order valence-corrected chi connectivity index (χ1v) is 6.21. The monoisotopic (exact) mass is 206 g/mol. The summed E-state index contributed by atoms with van der Waals surface area (Å²) in [6.45, 7) is 1.87. The van der Waals surface area contributed by atoms with Gasteiger partial charge in [-0.3, -0.25) is 4.79 Å². The fraction of sp³-hybridized carbons (Fsp3) is 0.769. The third kappa shape index (κ3) is 1.34. The van der Waals surface area contributed by atoms with E-state index in [9.17, 15) is 4.79 Å². The summed E-state index contributed by atoms with van der Waals surface area (Å²) in [4.78, 5) is 11.3. The Morgan fingerprint density at radius 3 is 3.13 bits per heavy atom. The number of esters is 1. The molecule has 0 spiro atoms.